The third kappa shape index (κ3) is 5.23. The Labute approximate surface area is 153 Å². The Kier molecular flexibility index (Phi) is 5.70. The van der Waals surface area contributed by atoms with Crippen molar-refractivity contribution in [3.8, 4) is 5.88 Å². The zero-order valence-electron chi connectivity index (χ0n) is 14.4. The lowest BCUT2D eigenvalue weighted by atomic mass is 9.95. The Bertz CT molecular complexity index is 704. The zero-order chi connectivity index (χ0) is 19.7. The van der Waals surface area contributed by atoms with Crippen molar-refractivity contribution in [1.82, 2.24) is 9.88 Å². The number of ether oxygens (including phenoxy) is 2. The fourth-order valence-corrected chi connectivity index (χ4v) is 2.78. The van der Waals surface area contributed by atoms with Crippen molar-refractivity contribution < 1.29 is 32.2 Å². The predicted molar refractivity (Wildman–Crippen MR) is 85.9 cm³/mol. The van der Waals surface area contributed by atoms with E-state index in [0.29, 0.717) is 6.42 Å². The van der Waals surface area contributed by atoms with Crippen molar-refractivity contribution in [2.75, 3.05) is 6.54 Å². The number of halogens is 4. The molecule has 1 aliphatic heterocycles. The lowest BCUT2D eigenvalue weighted by molar-refractivity contribution is -0.276. The first-order valence-electron chi connectivity index (χ1n) is 7.82. The molecule has 144 valence electrons. The van der Waals surface area contributed by atoms with E-state index in [1.54, 1.807) is 20.8 Å². The van der Waals surface area contributed by atoms with Gasteiger partial charge < -0.3 is 9.47 Å². The molecule has 2 heterocycles. The van der Waals surface area contributed by atoms with E-state index in [2.05, 4.69) is 9.72 Å². The maximum atomic E-state index is 12.4. The van der Waals surface area contributed by atoms with Crippen LogP contribution in [0.15, 0.2) is 12.1 Å². The molecule has 0 aromatic carbocycles. The second kappa shape index (κ2) is 7.30. The minimum absolute atomic E-state index is 0.122. The molecular weight excluding hydrogens is 377 g/mol. The van der Waals surface area contributed by atoms with E-state index in [4.69, 9.17) is 16.3 Å². The first-order chi connectivity index (χ1) is 11.9. The fraction of sp³-hybridized carbons (Fsp3) is 0.562. The first-order valence-corrected chi connectivity index (χ1v) is 8.20. The molecule has 1 saturated heterocycles. The molecule has 2 rings (SSSR count). The van der Waals surface area contributed by atoms with Crippen LogP contribution in [0.1, 0.15) is 45.2 Å². The summed E-state index contributed by atoms with van der Waals surface area (Å²) < 4.78 is 45.9. The number of alkyl halides is 3. The van der Waals surface area contributed by atoms with Crippen molar-refractivity contribution in [1.29, 1.82) is 0 Å². The molecule has 1 unspecified atom stereocenters. The van der Waals surface area contributed by atoms with Crippen LogP contribution in [0.25, 0.3) is 0 Å². The molecule has 1 aromatic rings. The van der Waals surface area contributed by atoms with Gasteiger partial charge in [-0.25, -0.2) is 9.78 Å². The number of likely N-dealkylation sites (tertiary alicyclic amines) is 1. The van der Waals surface area contributed by atoms with E-state index in [1.807, 2.05) is 0 Å². The number of nitrogens with zero attached hydrogens (tertiary/aromatic N) is 2. The van der Waals surface area contributed by atoms with Gasteiger partial charge in [-0.3, -0.25) is 9.69 Å². The molecule has 26 heavy (non-hydrogen) atoms. The molecule has 1 atom stereocenters. The average molecular weight is 395 g/mol. The van der Waals surface area contributed by atoms with Crippen LogP contribution in [-0.2, 0) is 9.53 Å². The molecule has 10 heteroatoms. The summed E-state index contributed by atoms with van der Waals surface area (Å²) in [6.45, 7) is 5.30. The molecule has 1 fully saturated rings. The maximum Gasteiger partial charge on any atom is 0.574 e. The van der Waals surface area contributed by atoms with Crippen LogP contribution in [0.5, 0.6) is 5.88 Å². The molecule has 0 bridgehead atoms. The van der Waals surface area contributed by atoms with Gasteiger partial charge in [0.1, 0.15) is 16.8 Å². The summed E-state index contributed by atoms with van der Waals surface area (Å²) in [4.78, 5) is 29.6. The number of aromatic nitrogens is 1. The fourth-order valence-electron chi connectivity index (χ4n) is 2.53. The normalized spacial score (nSPS) is 18.7. The first kappa shape index (κ1) is 20.3. The Hall–Kier alpha value is -2.03. The lowest BCUT2D eigenvalue weighted by Gasteiger charge is -2.36. The van der Waals surface area contributed by atoms with Crippen LogP contribution in [0.2, 0.25) is 5.15 Å². The molecule has 1 amide bonds. The number of piperidine rings is 1. The Morgan fingerprint density at radius 3 is 2.50 bits per heavy atom. The van der Waals surface area contributed by atoms with Gasteiger partial charge in [-0.05, 0) is 33.3 Å². The highest BCUT2D eigenvalue weighted by Gasteiger charge is 2.38. The van der Waals surface area contributed by atoms with Crippen LogP contribution in [-0.4, -0.2) is 40.3 Å². The van der Waals surface area contributed by atoms with Crippen LogP contribution in [0.4, 0.5) is 18.0 Å². The summed E-state index contributed by atoms with van der Waals surface area (Å²) in [5.74, 6) is -1.05. The minimum Gasteiger partial charge on any atom is -0.444 e. The number of hydrogen-bond donors (Lipinski definition) is 0. The molecule has 0 radical (unpaired) electrons. The van der Waals surface area contributed by atoms with Crippen LogP contribution >= 0.6 is 11.6 Å². The van der Waals surface area contributed by atoms with Gasteiger partial charge >= 0.3 is 12.5 Å². The van der Waals surface area contributed by atoms with Crippen LogP contribution < -0.4 is 4.74 Å². The summed E-state index contributed by atoms with van der Waals surface area (Å²) in [7, 11) is 0. The highest BCUT2D eigenvalue weighted by Crippen LogP contribution is 2.34. The number of rotatable bonds is 2. The smallest absolute Gasteiger partial charge is 0.444 e. The van der Waals surface area contributed by atoms with E-state index < -0.39 is 30.0 Å². The molecule has 6 nitrogen and oxygen atoms in total. The lowest BCUT2D eigenvalue weighted by Crippen LogP contribution is -2.45. The van der Waals surface area contributed by atoms with E-state index >= 15 is 0 Å². The Balaban J connectivity index is 2.32. The van der Waals surface area contributed by atoms with Gasteiger partial charge in [-0.1, -0.05) is 11.6 Å². The standard InChI is InChI=1S/C16H18ClF3N2O4/c1-15(2,3)26-14(24)22-8-4-5-10(23)12(22)9-6-7-11(21-13(9)17)25-16(18,19)20/h6-7,12H,4-5,8H2,1-3H3. The third-order valence-electron chi connectivity index (χ3n) is 3.43. The Morgan fingerprint density at radius 2 is 1.96 bits per heavy atom. The van der Waals surface area contributed by atoms with Gasteiger partial charge in [0.2, 0.25) is 5.88 Å². The second-order valence-corrected chi connectivity index (χ2v) is 7.08. The van der Waals surface area contributed by atoms with Gasteiger partial charge in [-0.2, -0.15) is 0 Å². The topological polar surface area (TPSA) is 68.7 Å². The predicted octanol–water partition coefficient (Wildman–Crippen LogP) is 4.27. The maximum absolute atomic E-state index is 12.4. The summed E-state index contributed by atoms with van der Waals surface area (Å²) in [6.07, 6.45) is -4.96. The summed E-state index contributed by atoms with van der Waals surface area (Å²) in [5, 5.41) is -0.347. The highest BCUT2D eigenvalue weighted by molar-refractivity contribution is 6.30. The number of carbonyl (C=O) groups is 2. The molecular formula is C16H18ClF3N2O4. The van der Waals surface area contributed by atoms with Gasteiger partial charge in [0.15, 0.2) is 5.78 Å². The van der Waals surface area contributed by atoms with Gasteiger partial charge in [0, 0.05) is 24.6 Å². The van der Waals surface area contributed by atoms with Crippen LogP contribution in [0, 0.1) is 0 Å². The molecule has 0 N–H and O–H groups in total. The minimum atomic E-state index is -4.92. The van der Waals surface area contributed by atoms with Gasteiger partial charge in [0.25, 0.3) is 0 Å². The monoisotopic (exact) mass is 394 g/mol. The second-order valence-electron chi connectivity index (χ2n) is 6.72. The van der Waals surface area contributed by atoms with Crippen LogP contribution in [0.3, 0.4) is 0 Å². The van der Waals surface area contributed by atoms with Gasteiger partial charge in [0.05, 0.1) is 0 Å². The zero-order valence-corrected chi connectivity index (χ0v) is 15.1. The average Bonchev–Trinajstić information content (AvgIpc) is 2.44. The number of carbonyl (C=O) groups excluding carboxylic acids is 2. The number of Topliss-reactive ketones (excluding diaryl/α,β-unsaturated/α-hetero) is 1. The Morgan fingerprint density at radius 1 is 1.31 bits per heavy atom. The highest BCUT2D eigenvalue weighted by atomic mass is 35.5. The van der Waals surface area contributed by atoms with Crippen molar-refractivity contribution in [2.24, 2.45) is 0 Å². The summed E-state index contributed by atoms with van der Waals surface area (Å²) >= 11 is 5.97. The molecule has 0 saturated carbocycles. The van der Waals surface area contributed by atoms with Crippen molar-refractivity contribution >= 4 is 23.5 Å². The molecule has 0 aliphatic carbocycles. The van der Waals surface area contributed by atoms with E-state index in [1.165, 1.54) is 11.0 Å². The molecule has 0 spiro atoms. The molecule has 1 aromatic heterocycles. The summed E-state index contributed by atoms with van der Waals surface area (Å²) in [6, 6.07) is 1.07. The number of amides is 1. The largest absolute Gasteiger partial charge is 0.574 e. The third-order valence-corrected chi connectivity index (χ3v) is 3.74. The number of pyridine rings is 1. The van der Waals surface area contributed by atoms with E-state index in [0.717, 1.165) is 6.07 Å². The van der Waals surface area contributed by atoms with Crippen molar-refractivity contribution in [3.63, 3.8) is 0 Å². The van der Waals surface area contributed by atoms with E-state index in [9.17, 15) is 22.8 Å². The van der Waals surface area contributed by atoms with E-state index in [-0.39, 0.29) is 29.5 Å². The van der Waals surface area contributed by atoms with Gasteiger partial charge in [-0.15, -0.1) is 13.2 Å². The number of ketones is 1. The number of hydrogen-bond acceptors (Lipinski definition) is 5. The SMILES string of the molecule is CC(C)(C)OC(=O)N1CCCC(=O)C1c1ccc(OC(F)(F)F)nc1Cl. The van der Waals surface area contributed by atoms with Crippen molar-refractivity contribution in [2.45, 2.75) is 51.6 Å². The van der Waals surface area contributed by atoms with Crippen molar-refractivity contribution in [3.05, 3.63) is 22.8 Å². The molecule has 1 aliphatic rings. The quantitative estimate of drug-likeness (QED) is 0.700. The summed E-state index contributed by atoms with van der Waals surface area (Å²) in [5.41, 5.74) is -0.647.